The third-order valence-electron chi connectivity index (χ3n) is 2.34. The van der Waals surface area contributed by atoms with Gasteiger partial charge in [-0.25, -0.2) is 4.79 Å². The molecule has 0 aliphatic rings. The molecule has 11 heteroatoms. The van der Waals surface area contributed by atoms with E-state index < -0.39 is 49.0 Å². The van der Waals surface area contributed by atoms with E-state index in [-0.39, 0.29) is 0 Å². The maximum Gasteiger partial charge on any atom is 0.353 e. The quantitative estimate of drug-likeness (QED) is 0.250. The van der Waals surface area contributed by atoms with Crippen LogP contribution in [-0.2, 0) is 4.79 Å². The minimum Gasteiger partial charge on any atom is -0.478 e. The van der Waals surface area contributed by atoms with Crippen LogP contribution in [0.3, 0.4) is 0 Å². The van der Waals surface area contributed by atoms with Gasteiger partial charge < -0.3 is 35.7 Å². The van der Waals surface area contributed by atoms with E-state index in [0.717, 1.165) is 18.2 Å². The first-order valence-electron chi connectivity index (χ1n) is 5.58. The molecule has 0 unspecified atom stereocenters. The molecule has 0 aliphatic carbocycles. The summed E-state index contributed by atoms with van der Waals surface area (Å²) in [6.45, 7) is -1.45. The van der Waals surface area contributed by atoms with Gasteiger partial charge in [0.2, 0.25) is 0 Å². The van der Waals surface area contributed by atoms with E-state index in [2.05, 4.69) is 0 Å². The summed E-state index contributed by atoms with van der Waals surface area (Å²) < 4.78 is 0. The zero-order chi connectivity index (χ0) is 17.9. The van der Waals surface area contributed by atoms with Gasteiger partial charge in [-0.15, -0.1) is 0 Å². The summed E-state index contributed by atoms with van der Waals surface area (Å²) in [5.74, 6) is -1.74. The van der Waals surface area contributed by atoms with E-state index >= 15 is 0 Å². The molecule has 0 aliphatic heterocycles. The number of carboxylic acid groups (broad SMARTS) is 1. The number of aliphatic hydroxyl groups excluding tert-OH is 6. The third kappa shape index (κ3) is 5.99. The van der Waals surface area contributed by atoms with Gasteiger partial charge in [0, 0.05) is 0 Å². The maximum absolute atomic E-state index is 10.0. The lowest BCUT2D eigenvalue weighted by Crippen LogP contribution is -2.46. The highest BCUT2D eigenvalue weighted by Crippen LogP contribution is 2.11. The number of carbonyl (C=O) groups is 1. The fourth-order valence-electron chi connectivity index (χ4n) is 0.890. The van der Waals surface area contributed by atoms with Crippen LogP contribution in [0.2, 0.25) is 0 Å². The summed E-state index contributed by atoms with van der Waals surface area (Å²) in [6.07, 6.45) is -6.39. The van der Waals surface area contributed by atoms with Crippen LogP contribution < -0.4 is 0 Å². The first-order valence-corrected chi connectivity index (χ1v) is 5.58. The molecule has 22 heavy (non-hydrogen) atoms. The molecule has 0 fully saturated rings. The van der Waals surface area contributed by atoms with E-state index in [9.17, 15) is 4.79 Å². The zero-order valence-electron chi connectivity index (χ0n) is 11.1. The Labute approximate surface area is 124 Å². The average molecular weight is 317 g/mol. The van der Waals surface area contributed by atoms with Gasteiger partial charge in [-0.1, -0.05) is 0 Å². The molecule has 0 radical (unpaired) electrons. The fraction of sp³-hybridized carbons (Fsp3) is 0.636. The molecule has 0 saturated carbocycles. The number of rotatable bonds is 6. The number of aliphatic hydroxyl groups is 6. The summed E-state index contributed by atoms with van der Waals surface area (Å²) in [5, 5.41) is 84.5. The van der Waals surface area contributed by atoms with E-state index in [1.165, 1.54) is 0 Å². The molecular formula is C11H15N3O8. The van der Waals surface area contributed by atoms with Crippen molar-refractivity contribution in [3.8, 4) is 18.2 Å². The van der Waals surface area contributed by atoms with Gasteiger partial charge in [0.25, 0.3) is 0 Å². The molecule has 7 N–H and O–H groups in total. The van der Waals surface area contributed by atoms with Crippen molar-refractivity contribution in [1.29, 1.82) is 15.8 Å². The number of nitrogens with zero attached hydrogens (tertiary/aromatic N) is 3. The number of carboxylic acids is 1. The molecule has 0 heterocycles. The third-order valence-corrected chi connectivity index (χ3v) is 2.34. The first kappa shape index (κ1) is 22.0. The predicted octanol–water partition coefficient (Wildman–Crippen LogP) is -3.96. The second-order valence-electron chi connectivity index (χ2n) is 3.87. The molecule has 0 aromatic carbocycles. The van der Waals surface area contributed by atoms with Gasteiger partial charge in [-0.05, 0) is 0 Å². The van der Waals surface area contributed by atoms with E-state index in [0.29, 0.717) is 0 Å². The van der Waals surface area contributed by atoms with Gasteiger partial charge >= 0.3 is 11.4 Å². The first-order chi connectivity index (χ1) is 10.2. The Morgan fingerprint density at radius 2 is 1.14 bits per heavy atom. The summed E-state index contributed by atoms with van der Waals surface area (Å²) in [6, 6.07) is 3.28. The number of nitriles is 3. The Kier molecular flexibility index (Phi) is 10.4. The highest BCUT2D eigenvalue weighted by molar-refractivity contribution is 5.85. The molecule has 0 aromatic heterocycles. The minimum atomic E-state index is -2.54. The van der Waals surface area contributed by atoms with E-state index in [1.807, 2.05) is 0 Å². The van der Waals surface area contributed by atoms with Crippen LogP contribution in [0.15, 0.2) is 0 Å². The van der Waals surface area contributed by atoms with Crippen LogP contribution in [0.25, 0.3) is 0 Å². The second kappa shape index (κ2) is 10.4. The molecule has 0 saturated heterocycles. The Hall–Kier alpha value is -2.30. The molecule has 11 nitrogen and oxygen atoms in total. The van der Waals surface area contributed by atoms with Crippen LogP contribution in [0, 0.1) is 39.4 Å². The molecule has 0 amide bonds. The summed E-state index contributed by atoms with van der Waals surface area (Å²) in [5.41, 5.74) is -2.54. The van der Waals surface area contributed by atoms with Crippen molar-refractivity contribution >= 4 is 5.97 Å². The van der Waals surface area contributed by atoms with E-state index in [4.69, 9.17) is 51.5 Å². The second-order valence-corrected chi connectivity index (χ2v) is 3.87. The van der Waals surface area contributed by atoms with Gasteiger partial charge in [-0.3, -0.25) is 0 Å². The molecule has 0 spiro atoms. The van der Waals surface area contributed by atoms with Crippen molar-refractivity contribution < 1.29 is 40.5 Å². The predicted molar refractivity (Wildman–Crippen MR) is 65.1 cm³/mol. The summed E-state index contributed by atoms with van der Waals surface area (Å²) in [4.78, 5) is 10.0. The molecule has 4 atom stereocenters. The van der Waals surface area contributed by atoms with Crippen LogP contribution in [0.4, 0.5) is 0 Å². The lowest BCUT2D eigenvalue weighted by Gasteiger charge is -2.24. The van der Waals surface area contributed by atoms with Crippen molar-refractivity contribution in [1.82, 2.24) is 0 Å². The fourth-order valence-corrected chi connectivity index (χ4v) is 0.890. The van der Waals surface area contributed by atoms with Crippen molar-refractivity contribution in [2.75, 3.05) is 13.2 Å². The largest absolute Gasteiger partial charge is 0.478 e. The van der Waals surface area contributed by atoms with Gasteiger partial charge in [0.1, 0.15) is 42.6 Å². The average Bonchev–Trinajstić information content (AvgIpc) is 2.54. The zero-order valence-corrected chi connectivity index (χ0v) is 11.1. The normalized spacial score (nSPS) is 15.6. The molecule has 122 valence electrons. The number of hydrogen-bond acceptors (Lipinski definition) is 10. The van der Waals surface area contributed by atoms with E-state index in [1.54, 1.807) is 0 Å². The smallest absolute Gasteiger partial charge is 0.353 e. The summed E-state index contributed by atoms with van der Waals surface area (Å²) in [7, 11) is 0. The number of hydrogen-bond donors (Lipinski definition) is 7. The molecule has 0 aromatic rings. The van der Waals surface area contributed by atoms with Crippen molar-refractivity contribution in [2.45, 2.75) is 24.4 Å². The van der Waals surface area contributed by atoms with Crippen molar-refractivity contribution in [2.24, 2.45) is 5.41 Å². The van der Waals surface area contributed by atoms with Crippen LogP contribution in [-0.4, -0.2) is 79.3 Å². The summed E-state index contributed by atoms with van der Waals surface area (Å²) >= 11 is 0. The molecule has 0 rings (SSSR count). The maximum atomic E-state index is 10.0. The SMILES string of the molecule is N#CC(C#N)(C#N)C(=O)O.OC[C@@H](O)[C@@H](O)[C@H](O)[C@H](O)CO. The van der Waals surface area contributed by atoms with Crippen LogP contribution in [0.5, 0.6) is 0 Å². The highest BCUT2D eigenvalue weighted by Gasteiger charge is 2.39. The van der Waals surface area contributed by atoms with Gasteiger partial charge in [0.15, 0.2) is 0 Å². The number of aliphatic carboxylic acids is 1. The molecule has 0 bridgehead atoms. The Morgan fingerprint density at radius 3 is 1.23 bits per heavy atom. The highest BCUT2D eigenvalue weighted by atomic mass is 16.4. The van der Waals surface area contributed by atoms with Gasteiger partial charge in [0.05, 0.1) is 13.2 Å². The standard InChI is InChI=1S/C6H14O6.C5HN3O2/c7-1-3(9)5(11)6(12)4(10)2-8;6-1-5(2-7,3-8)4(9)10/h3-12H,1-2H2;(H,9,10)/t3-,4-,5-,6-;/m1./s1. The minimum absolute atomic E-state index is 0.726. The van der Waals surface area contributed by atoms with Gasteiger partial charge in [-0.2, -0.15) is 15.8 Å². The topological polar surface area (TPSA) is 230 Å². The Morgan fingerprint density at radius 1 is 0.864 bits per heavy atom. The van der Waals surface area contributed by atoms with Crippen LogP contribution >= 0.6 is 0 Å². The van der Waals surface area contributed by atoms with Crippen molar-refractivity contribution in [3.63, 3.8) is 0 Å². The lowest BCUT2D eigenvalue weighted by molar-refractivity contribution is -0.140. The van der Waals surface area contributed by atoms with Crippen molar-refractivity contribution in [3.05, 3.63) is 0 Å². The Bertz CT molecular complexity index is 427. The van der Waals surface area contributed by atoms with Crippen LogP contribution in [0.1, 0.15) is 0 Å². The molecular weight excluding hydrogens is 302 g/mol. The Balaban J connectivity index is 0. The lowest BCUT2D eigenvalue weighted by atomic mass is 9.95. The monoisotopic (exact) mass is 317 g/mol.